The van der Waals surface area contributed by atoms with Gasteiger partial charge in [-0.25, -0.2) is 0 Å². The van der Waals surface area contributed by atoms with Crippen molar-refractivity contribution in [2.75, 3.05) is 5.73 Å². The molecule has 2 aromatic heterocycles. The number of anilines is 1. The van der Waals surface area contributed by atoms with Gasteiger partial charge in [0.15, 0.2) is 11.5 Å². The average Bonchev–Trinajstić information content (AvgIpc) is 2.73. The molecule has 0 fully saturated rings. The highest BCUT2D eigenvalue weighted by atomic mass is 35.5. The van der Waals surface area contributed by atoms with Crippen molar-refractivity contribution in [1.29, 1.82) is 0 Å². The SMILES string of the molecule is Nc1cc(Cl)cn2c(-c3ccccc3Cl)nnc12. The highest BCUT2D eigenvalue weighted by Crippen LogP contribution is 2.28. The van der Waals surface area contributed by atoms with E-state index in [0.29, 0.717) is 27.2 Å². The van der Waals surface area contributed by atoms with Crippen LogP contribution < -0.4 is 5.73 Å². The minimum absolute atomic E-state index is 0.480. The maximum atomic E-state index is 6.15. The number of nitrogen functional groups attached to an aromatic ring is 1. The van der Waals surface area contributed by atoms with Crippen LogP contribution in [0.3, 0.4) is 0 Å². The molecule has 18 heavy (non-hydrogen) atoms. The van der Waals surface area contributed by atoms with E-state index in [9.17, 15) is 0 Å². The van der Waals surface area contributed by atoms with Gasteiger partial charge in [-0.05, 0) is 18.2 Å². The molecule has 0 saturated heterocycles. The minimum atomic E-state index is 0.480. The molecule has 0 saturated carbocycles. The number of nitrogens with two attached hydrogens (primary N) is 1. The Morgan fingerprint density at radius 2 is 1.89 bits per heavy atom. The van der Waals surface area contributed by atoms with Gasteiger partial charge in [0.05, 0.1) is 15.7 Å². The molecule has 3 rings (SSSR count). The fourth-order valence-electron chi connectivity index (χ4n) is 1.81. The van der Waals surface area contributed by atoms with E-state index in [0.717, 1.165) is 5.56 Å². The number of hydrogen-bond acceptors (Lipinski definition) is 3. The Bertz CT molecular complexity index is 736. The Morgan fingerprint density at radius 1 is 1.11 bits per heavy atom. The monoisotopic (exact) mass is 278 g/mol. The number of halogens is 2. The summed E-state index contributed by atoms with van der Waals surface area (Å²) in [4.78, 5) is 0. The Balaban J connectivity index is 2.34. The first-order valence-corrected chi connectivity index (χ1v) is 5.97. The van der Waals surface area contributed by atoms with E-state index < -0.39 is 0 Å². The summed E-state index contributed by atoms with van der Waals surface area (Å²) >= 11 is 12.1. The third-order valence-corrected chi connectivity index (χ3v) is 3.15. The predicted molar refractivity (Wildman–Crippen MR) is 72.9 cm³/mol. The molecular formula is C12H8Cl2N4. The average molecular weight is 279 g/mol. The van der Waals surface area contributed by atoms with Gasteiger partial charge in [0.25, 0.3) is 0 Å². The number of benzene rings is 1. The molecule has 0 spiro atoms. The molecule has 0 aliphatic carbocycles. The lowest BCUT2D eigenvalue weighted by Gasteiger charge is -2.03. The summed E-state index contributed by atoms with van der Waals surface area (Å²) < 4.78 is 1.74. The standard InChI is InChI=1S/C12H8Cl2N4/c13-7-5-10(15)12-17-16-11(18(12)6-7)8-3-1-2-4-9(8)14/h1-6H,15H2. The van der Waals surface area contributed by atoms with Crippen molar-refractivity contribution in [3.63, 3.8) is 0 Å². The highest BCUT2D eigenvalue weighted by molar-refractivity contribution is 6.33. The zero-order chi connectivity index (χ0) is 12.7. The zero-order valence-electron chi connectivity index (χ0n) is 9.14. The van der Waals surface area contributed by atoms with Crippen LogP contribution in [0.2, 0.25) is 10.0 Å². The summed E-state index contributed by atoms with van der Waals surface area (Å²) in [7, 11) is 0. The van der Waals surface area contributed by atoms with Gasteiger partial charge in [-0.2, -0.15) is 0 Å². The molecule has 2 heterocycles. The number of fused-ring (bicyclic) bond motifs is 1. The fourth-order valence-corrected chi connectivity index (χ4v) is 2.25. The van der Waals surface area contributed by atoms with Gasteiger partial charge >= 0.3 is 0 Å². The lowest BCUT2D eigenvalue weighted by atomic mass is 10.2. The van der Waals surface area contributed by atoms with Gasteiger partial charge in [-0.15, -0.1) is 10.2 Å². The van der Waals surface area contributed by atoms with E-state index in [1.165, 1.54) is 0 Å². The van der Waals surface area contributed by atoms with E-state index in [-0.39, 0.29) is 0 Å². The van der Waals surface area contributed by atoms with Gasteiger partial charge in [-0.3, -0.25) is 4.40 Å². The summed E-state index contributed by atoms with van der Waals surface area (Å²) in [5.41, 5.74) is 7.68. The van der Waals surface area contributed by atoms with E-state index in [1.54, 1.807) is 22.7 Å². The number of nitrogens with zero attached hydrogens (tertiary/aromatic N) is 3. The summed E-state index contributed by atoms with van der Waals surface area (Å²) in [5, 5.41) is 9.29. The molecule has 0 amide bonds. The van der Waals surface area contributed by atoms with Crippen LogP contribution in [0.5, 0.6) is 0 Å². The Hall–Kier alpha value is -1.78. The molecule has 0 aliphatic rings. The molecule has 1 aromatic carbocycles. The van der Waals surface area contributed by atoms with Crippen LogP contribution in [0.4, 0.5) is 5.69 Å². The van der Waals surface area contributed by atoms with Crippen LogP contribution in [0.15, 0.2) is 36.5 Å². The maximum absolute atomic E-state index is 6.15. The number of aromatic nitrogens is 3. The highest BCUT2D eigenvalue weighted by Gasteiger charge is 2.13. The molecule has 4 nitrogen and oxygen atoms in total. The Kier molecular flexibility index (Phi) is 2.61. The normalized spacial score (nSPS) is 11.0. The molecule has 0 atom stereocenters. The van der Waals surface area contributed by atoms with Crippen LogP contribution in [-0.2, 0) is 0 Å². The molecule has 0 aliphatic heterocycles. The molecule has 2 N–H and O–H groups in total. The van der Waals surface area contributed by atoms with Crippen LogP contribution in [0.25, 0.3) is 17.0 Å². The van der Waals surface area contributed by atoms with Gasteiger partial charge in [0.1, 0.15) is 0 Å². The Morgan fingerprint density at radius 3 is 2.67 bits per heavy atom. The third-order valence-electron chi connectivity index (χ3n) is 2.61. The maximum Gasteiger partial charge on any atom is 0.184 e. The van der Waals surface area contributed by atoms with E-state index in [4.69, 9.17) is 28.9 Å². The van der Waals surface area contributed by atoms with E-state index >= 15 is 0 Å². The smallest absolute Gasteiger partial charge is 0.184 e. The number of hydrogen-bond donors (Lipinski definition) is 1. The van der Waals surface area contributed by atoms with Crippen molar-refractivity contribution in [2.24, 2.45) is 0 Å². The molecule has 3 aromatic rings. The van der Waals surface area contributed by atoms with Crippen molar-refractivity contribution in [3.8, 4) is 11.4 Å². The van der Waals surface area contributed by atoms with Gasteiger partial charge in [0, 0.05) is 11.8 Å². The van der Waals surface area contributed by atoms with Gasteiger partial charge in [0.2, 0.25) is 0 Å². The molecule has 0 unspecified atom stereocenters. The second-order valence-corrected chi connectivity index (χ2v) is 4.65. The van der Waals surface area contributed by atoms with Crippen LogP contribution >= 0.6 is 23.2 Å². The summed E-state index contributed by atoms with van der Waals surface area (Å²) in [5.74, 6) is 0.616. The van der Waals surface area contributed by atoms with Crippen molar-refractivity contribution in [2.45, 2.75) is 0 Å². The molecule has 6 heteroatoms. The van der Waals surface area contributed by atoms with Crippen molar-refractivity contribution in [3.05, 3.63) is 46.6 Å². The summed E-state index contributed by atoms with van der Waals surface area (Å²) in [6, 6.07) is 9.05. The summed E-state index contributed by atoms with van der Waals surface area (Å²) in [6.45, 7) is 0. The quantitative estimate of drug-likeness (QED) is 0.743. The first-order valence-electron chi connectivity index (χ1n) is 5.21. The van der Waals surface area contributed by atoms with Crippen molar-refractivity contribution < 1.29 is 0 Å². The molecule has 90 valence electrons. The predicted octanol–water partition coefficient (Wildman–Crippen LogP) is 3.29. The van der Waals surface area contributed by atoms with Crippen molar-refractivity contribution in [1.82, 2.24) is 14.6 Å². The summed E-state index contributed by atoms with van der Waals surface area (Å²) in [6.07, 6.45) is 1.71. The first kappa shape index (κ1) is 11.3. The molecular weight excluding hydrogens is 271 g/mol. The topological polar surface area (TPSA) is 56.2 Å². The van der Waals surface area contributed by atoms with Crippen LogP contribution in [0.1, 0.15) is 0 Å². The van der Waals surface area contributed by atoms with Crippen molar-refractivity contribution >= 4 is 34.5 Å². The van der Waals surface area contributed by atoms with Gasteiger partial charge < -0.3 is 5.73 Å². The second-order valence-electron chi connectivity index (χ2n) is 3.81. The molecule has 0 bridgehead atoms. The second kappa shape index (κ2) is 4.15. The minimum Gasteiger partial charge on any atom is -0.396 e. The zero-order valence-corrected chi connectivity index (χ0v) is 10.7. The first-order chi connectivity index (χ1) is 8.66. The largest absolute Gasteiger partial charge is 0.396 e. The van der Waals surface area contributed by atoms with Gasteiger partial charge in [-0.1, -0.05) is 35.3 Å². The Labute approximate surface area is 113 Å². The number of rotatable bonds is 1. The lowest BCUT2D eigenvalue weighted by Crippen LogP contribution is -1.94. The molecule has 0 radical (unpaired) electrons. The lowest BCUT2D eigenvalue weighted by molar-refractivity contribution is 1.11. The van der Waals surface area contributed by atoms with E-state index in [2.05, 4.69) is 10.2 Å². The third kappa shape index (κ3) is 1.70. The fraction of sp³-hybridized carbons (Fsp3) is 0. The van der Waals surface area contributed by atoms with Crippen LogP contribution in [0, 0.1) is 0 Å². The number of pyridine rings is 1. The van der Waals surface area contributed by atoms with Crippen LogP contribution in [-0.4, -0.2) is 14.6 Å². The van der Waals surface area contributed by atoms with E-state index in [1.807, 2.05) is 18.2 Å².